The summed E-state index contributed by atoms with van der Waals surface area (Å²) >= 11 is 9.31. The SMILES string of the molecule is BrB(Br)Br.COc1ccc2ccn(C)c2n1.Cn1ccc2ccc(=O)[nH]c21.[2H]CC. The topological polar surface area (TPSA) is 64.8 Å². The monoisotopic (exact) mass is 589 g/mol. The first-order valence-corrected chi connectivity index (χ1v) is 11.3. The average Bonchev–Trinajstić information content (AvgIpc) is 3.25. The van der Waals surface area contributed by atoms with E-state index in [-0.39, 0.29) is 8.74 Å². The van der Waals surface area contributed by atoms with Crippen LogP contribution in [0.3, 0.4) is 0 Å². The maximum absolute atomic E-state index is 10.9. The van der Waals surface area contributed by atoms with Gasteiger partial charge < -0.3 is 18.9 Å². The zero-order valence-electron chi connectivity index (χ0n) is 17.7. The molecule has 0 saturated carbocycles. The van der Waals surface area contributed by atoms with Gasteiger partial charge in [0.15, 0.2) is 0 Å². The Balaban J connectivity index is 0.000000231. The molecule has 0 fully saturated rings. The van der Waals surface area contributed by atoms with Gasteiger partial charge in [-0.3, -0.25) is 4.79 Å². The first kappa shape index (κ1) is 23.8. The average molecular weight is 592 g/mol. The van der Waals surface area contributed by atoms with E-state index in [0.717, 1.165) is 22.1 Å². The van der Waals surface area contributed by atoms with Crippen LogP contribution in [-0.4, -0.2) is 29.4 Å². The minimum Gasteiger partial charge on any atom is -0.481 e. The van der Waals surface area contributed by atoms with Crippen LogP contribution >= 0.6 is 47.3 Å². The Kier molecular flexibility index (Phi) is 10.6. The van der Waals surface area contributed by atoms with Gasteiger partial charge in [0.1, 0.15) is 11.3 Å². The van der Waals surface area contributed by atoms with Crippen LogP contribution in [0.2, 0.25) is 0 Å². The van der Waals surface area contributed by atoms with Crippen molar-refractivity contribution in [2.45, 2.75) is 13.8 Å². The van der Waals surface area contributed by atoms with Gasteiger partial charge in [-0.1, -0.05) is 13.8 Å². The van der Waals surface area contributed by atoms with Crippen molar-refractivity contribution in [1.82, 2.24) is 19.1 Å². The van der Waals surface area contributed by atoms with E-state index in [9.17, 15) is 4.79 Å². The van der Waals surface area contributed by atoms with Crippen LogP contribution < -0.4 is 10.3 Å². The number of hydrogen-bond acceptors (Lipinski definition) is 3. The summed E-state index contributed by atoms with van der Waals surface area (Å²) < 4.78 is 15.4. The van der Waals surface area contributed by atoms with Crippen molar-refractivity contribution in [2.24, 2.45) is 14.1 Å². The Labute approximate surface area is 197 Å². The van der Waals surface area contributed by atoms with Crippen molar-refractivity contribution < 1.29 is 6.11 Å². The summed E-state index contributed by atoms with van der Waals surface area (Å²) in [5.74, 6) is 0.657. The summed E-state index contributed by atoms with van der Waals surface area (Å²) in [6, 6.07) is 11.2. The van der Waals surface area contributed by atoms with Gasteiger partial charge in [0.2, 0.25) is 11.4 Å². The number of rotatable bonds is 1. The van der Waals surface area contributed by atoms with Crippen LogP contribution in [0.1, 0.15) is 15.2 Å². The summed E-state index contributed by atoms with van der Waals surface area (Å²) in [7, 11) is 5.49. The van der Waals surface area contributed by atoms with Crippen LogP contribution in [0.15, 0.2) is 53.6 Å². The van der Waals surface area contributed by atoms with Crippen molar-refractivity contribution in [3.63, 3.8) is 0 Å². The third-order valence-electron chi connectivity index (χ3n) is 3.66. The predicted molar refractivity (Wildman–Crippen MR) is 135 cm³/mol. The fourth-order valence-electron chi connectivity index (χ4n) is 2.40. The normalized spacial score (nSPS) is 9.97. The first-order valence-electron chi connectivity index (χ1n) is 9.26. The van der Waals surface area contributed by atoms with Gasteiger partial charge >= 0.3 is 3.18 Å². The predicted octanol–water partition coefficient (Wildman–Crippen LogP) is 5.63. The number of fused-ring (bicyclic) bond motifs is 2. The van der Waals surface area contributed by atoms with Gasteiger partial charge in [-0.2, -0.15) is 4.98 Å². The molecule has 0 amide bonds. The zero-order valence-corrected chi connectivity index (χ0v) is 21.5. The van der Waals surface area contributed by atoms with E-state index in [1.807, 2.05) is 66.0 Å². The standard InChI is InChI=1S/C9H10N2O.C8H8N2O.C2H6.BBr3/c1-11-6-5-7-3-4-8(12-2)10-9(7)11;1-10-5-4-6-2-3-7(11)9-8(6)10;1-2;2-1(3)4/h3-6H,1-2H3;2-5H,1H3,(H,9,11);1-2H3;/i;;1D;. The van der Waals surface area contributed by atoms with E-state index in [4.69, 9.17) is 6.11 Å². The maximum Gasteiger partial charge on any atom is 0.369 e. The molecule has 4 aromatic rings. The quantitative estimate of drug-likeness (QED) is 0.292. The highest BCUT2D eigenvalue weighted by Crippen LogP contribution is 2.16. The smallest absolute Gasteiger partial charge is 0.369 e. The molecule has 1 N–H and O–H groups in total. The van der Waals surface area contributed by atoms with E-state index in [1.54, 1.807) is 14.0 Å². The van der Waals surface area contributed by atoms with E-state index >= 15 is 0 Å². The number of ether oxygens (including phenoxy) is 1. The molecule has 29 heavy (non-hydrogen) atoms. The van der Waals surface area contributed by atoms with E-state index in [1.165, 1.54) is 6.07 Å². The van der Waals surface area contributed by atoms with Gasteiger partial charge in [0.25, 0.3) is 0 Å². The Morgan fingerprint density at radius 3 is 2.21 bits per heavy atom. The van der Waals surface area contributed by atoms with Crippen LogP contribution in [0.25, 0.3) is 22.1 Å². The third kappa shape index (κ3) is 8.02. The summed E-state index contributed by atoms with van der Waals surface area (Å²) in [5, 5.41) is 2.20. The minimum atomic E-state index is -0.0562. The van der Waals surface area contributed by atoms with Gasteiger partial charge in [-0.25, -0.2) is 0 Å². The molecule has 0 aromatic carbocycles. The number of aryl methyl sites for hydroxylation is 2. The van der Waals surface area contributed by atoms with Crippen molar-refractivity contribution in [3.8, 4) is 5.88 Å². The lowest BCUT2D eigenvalue weighted by Crippen LogP contribution is -2.03. The molecule has 0 atom stereocenters. The number of nitrogens with zero attached hydrogens (tertiary/aromatic N) is 3. The number of hydrogen-bond donors (Lipinski definition) is 1. The molecule has 0 saturated heterocycles. The second-order valence-corrected chi connectivity index (χ2v) is 11.9. The molecule has 4 aromatic heterocycles. The molecular formula is C19H24BBr3N4O2. The summed E-state index contributed by atoms with van der Waals surface area (Å²) in [5.41, 5.74) is 1.77. The number of nitrogens with one attached hydrogen (secondary N) is 1. The third-order valence-corrected chi connectivity index (χ3v) is 3.66. The van der Waals surface area contributed by atoms with Gasteiger partial charge in [-0.05, 0) is 24.3 Å². The molecule has 0 aliphatic carbocycles. The number of methoxy groups -OCH3 is 1. The first-order chi connectivity index (χ1) is 14.2. The van der Waals surface area contributed by atoms with Gasteiger partial charge in [0.05, 0.1) is 7.11 Å². The van der Waals surface area contributed by atoms with Crippen molar-refractivity contribution >= 4 is 72.5 Å². The molecule has 0 aliphatic heterocycles. The van der Waals surface area contributed by atoms with E-state index in [2.05, 4.69) is 57.2 Å². The number of aromatic amines is 1. The molecule has 4 heterocycles. The van der Waals surface area contributed by atoms with Gasteiger partial charge in [-0.15, -0.1) is 47.3 Å². The number of aromatic nitrogens is 4. The summed E-state index contributed by atoms with van der Waals surface area (Å²) in [6.07, 6.45) is 3.90. The van der Waals surface area contributed by atoms with Crippen molar-refractivity contribution in [2.75, 3.05) is 7.11 Å². The molecule has 0 bridgehead atoms. The lowest BCUT2D eigenvalue weighted by atomic mass is 10.3. The van der Waals surface area contributed by atoms with Crippen molar-refractivity contribution in [1.29, 1.82) is 0 Å². The maximum atomic E-state index is 10.9. The second kappa shape index (κ2) is 12.9. The highest BCUT2D eigenvalue weighted by Gasteiger charge is 2.00. The molecule has 4 rings (SSSR count). The Hall–Kier alpha value is -1.52. The Morgan fingerprint density at radius 2 is 1.59 bits per heavy atom. The molecule has 0 unspecified atom stereocenters. The molecule has 10 heteroatoms. The minimum absolute atomic E-state index is 0.0562. The zero-order chi connectivity index (χ0) is 22.7. The van der Waals surface area contributed by atoms with E-state index < -0.39 is 0 Å². The Morgan fingerprint density at radius 1 is 1.03 bits per heavy atom. The highest BCUT2D eigenvalue weighted by molar-refractivity contribution is 9.69. The molecule has 156 valence electrons. The fraction of sp³-hybridized carbons (Fsp3) is 0.263. The molecule has 0 spiro atoms. The Bertz CT molecular complexity index is 1100. The van der Waals surface area contributed by atoms with Crippen LogP contribution in [0.4, 0.5) is 0 Å². The molecule has 6 nitrogen and oxygen atoms in total. The van der Waals surface area contributed by atoms with E-state index in [0.29, 0.717) is 12.8 Å². The number of H-pyrrole nitrogens is 1. The van der Waals surface area contributed by atoms with Crippen LogP contribution in [0, 0.1) is 0 Å². The molecule has 0 aliphatic rings. The molecular weight excluding hydrogens is 567 g/mol. The molecule has 0 radical (unpaired) electrons. The summed E-state index contributed by atoms with van der Waals surface area (Å²) in [4.78, 5) is 17.9. The lowest BCUT2D eigenvalue weighted by Gasteiger charge is -1.99. The summed E-state index contributed by atoms with van der Waals surface area (Å²) in [6.45, 7) is 2.29. The van der Waals surface area contributed by atoms with Gasteiger partial charge in [0, 0.05) is 50.8 Å². The number of halogens is 3. The number of pyridine rings is 2. The largest absolute Gasteiger partial charge is 0.481 e. The van der Waals surface area contributed by atoms with Crippen LogP contribution in [0.5, 0.6) is 5.88 Å². The lowest BCUT2D eigenvalue weighted by molar-refractivity contribution is 0.399. The second-order valence-electron chi connectivity index (χ2n) is 5.49. The van der Waals surface area contributed by atoms with Crippen molar-refractivity contribution in [3.05, 3.63) is 59.1 Å². The van der Waals surface area contributed by atoms with Crippen LogP contribution in [-0.2, 0) is 14.1 Å². The highest BCUT2D eigenvalue weighted by atomic mass is 79.9. The fourth-order valence-corrected chi connectivity index (χ4v) is 2.40.